The van der Waals surface area contributed by atoms with Gasteiger partial charge in [-0.15, -0.1) is 0 Å². The molecule has 0 saturated carbocycles. The van der Waals surface area contributed by atoms with E-state index in [-0.39, 0.29) is 0 Å². The van der Waals surface area contributed by atoms with E-state index in [9.17, 15) is 0 Å². The van der Waals surface area contributed by atoms with Crippen LogP contribution in [-0.4, -0.2) is 0 Å². The molecule has 1 N–H and O–H groups in total. The smallest absolute Gasteiger partial charge is 0.0397 e. The topological polar surface area (TPSA) is 12.0 Å². The van der Waals surface area contributed by atoms with Crippen molar-refractivity contribution in [2.24, 2.45) is 5.92 Å². The number of hydrogen-bond acceptors (Lipinski definition) is 2. The van der Waals surface area contributed by atoms with Crippen LogP contribution in [0.3, 0.4) is 0 Å². The lowest BCUT2D eigenvalue weighted by Crippen LogP contribution is -2.17. The average molecular weight is 372 g/mol. The van der Waals surface area contributed by atoms with E-state index >= 15 is 0 Å². The number of nitrogens with one attached hydrogen (secondary N) is 1. The summed E-state index contributed by atoms with van der Waals surface area (Å²) >= 11 is 1.81. The summed E-state index contributed by atoms with van der Waals surface area (Å²) < 4.78 is 0. The summed E-state index contributed by atoms with van der Waals surface area (Å²) in [7, 11) is 0. The molecule has 0 spiro atoms. The molecule has 1 nitrogen and oxygen atoms in total. The Morgan fingerprint density at radius 1 is 1.15 bits per heavy atom. The van der Waals surface area contributed by atoms with Crippen molar-refractivity contribution in [2.75, 3.05) is 0 Å². The minimum atomic E-state index is 0.542. The standard InChI is InChI=1S/C24H37NS/c1-7-9-11-12-20(5)21(6)25-18-22-13-15-23(16-14-22)24(19(3)4)26-17-10-8-2/h10,13-17,20,25H,6-9,11-12,18H2,1-5H3/b17-10-. The largest absolute Gasteiger partial charge is 0.385 e. The Balaban J connectivity index is 2.60. The molecular weight excluding hydrogens is 334 g/mol. The van der Waals surface area contributed by atoms with Crippen molar-refractivity contribution in [1.82, 2.24) is 5.32 Å². The molecule has 0 heterocycles. The zero-order chi connectivity index (χ0) is 19.4. The highest BCUT2D eigenvalue weighted by molar-refractivity contribution is 8.10. The van der Waals surface area contributed by atoms with Gasteiger partial charge in [0.05, 0.1) is 0 Å². The van der Waals surface area contributed by atoms with Gasteiger partial charge in [-0.05, 0) is 49.1 Å². The van der Waals surface area contributed by atoms with Crippen molar-refractivity contribution in [3.63, 3.8) is 0 Å². The van der Waals surface area contributed by atoms with Gasteiger partial charge in [-0.1, -0.05) is 94.3 Å². The van der Waals surface area contributed by atoms with Crippen molar-refractivity contribution in [2.45, 2.75) is 73.3 Å². The van der Waals surface area contributed by atoms with Crippen LogP contribution in [0.2, 0.25) is 0 Å². The number of rotatable bonds is 12. The Kier molecular flexibility index (Phi) is 11.2. The van der Waals surface area contributed by atoms with E-state index in [1.54, 1.807) is 0 Å². The number of benzene rings is 1. The first-order chi connectivity index (χ1) is 12.5. The van der Waals surface area contributed by atoms with E-state index in [1.807, 2.05) is 11.8 Å². The molecule has 0 radical (unpaired) electrons. The normalized spacial score (nSPS) is 12.2. The number of hydrogen-bond donors (Lipinski definition) is 1. The summed E-state index contributed by atoms with van der Waals surface area (Å²) in [5.74, 6) is 0.542. The van der Waals surface area contributed by atoms with Crippen LogP contribution in [0.5, 0.6) is 0 Å². The van der Waals surface area contributed by atoms with Crippen LogP contribution in [-0.2, 0) is 6.54 Å². The van der Waals surface area contributed by atoms with Gasteiger partial charge in [0, 0.05) is 17.1 Å². The molecule has 1 aromatic rings. The molecule has 26 heavy (non-hydrogen) atoms. The summed E-state index contributed by atoms with van der Waals surface area (Å²) in [6, 6.07) is 8.92. The lowest BCUT2D eigenvalue weighted by molar-refractivity contribution is 0.522. The molecule has 1 atom stereocenters. The van der Waals surface area contributed by atoms with Crippen LogP contribution in [0.1, 0.15) is 77.8 Å². The zero-order valence-corrected chi connectivity index (χ0v) is 18.2. The van der Waals surface area contributed by atoms with Gasteiger partial charge < -0.3 is 5.32 Å². The summed E-state index contributed by atoms with van der Waals surface area (Å²) in [6.07, 6.45) is 8.40. The van der Waals surface area contributed by atoms with Crippen molar-refractivity contribution < 1.29 is 0 Å². The molecule has 0 aliphatic carbocycles. The molecular formula is C24H37NS. The van der Waals surface area contributed by atoms with Gasteiger partial charge >= 0.3 is 0 Å². The minimum Gasteiger partial charge on any atom is -0.385 e. The molecule has 2 heteroatoms. The van der Waals surface area contributed by atoms with Gasteiger partial charge in [-0.25, -0.2) is 0 Å². The maximum atomic E-state index is 4.23. The predicted molar refractivity (Wildman–Crippen MR) is 121 cm³/mol. The maximum absolute atomic E-state index is 4.23. The monoisotopic (exact) mass is 371 g/mol. The first-order valence-corrected chi connectivity index (χ1v) is 10.9. The van der Waals surface area contributed by atoms with E-state index in [1.165, 1.54) is 47.3 Å². The summed E-state index contributed by atoms with van der Waals surface area (Å²) in [5, 5.41) is 5.71. The predicted octanol–water partition coefficient (Wildman–Crippen LogP) is 7.91. The molecule has 0 fully saturated rings. The fourth-order valence-corrected chi connectivity index (χ4v) is 3.66. The molecule has 144 valence electrons. The Morgan fingerprint density at radius 3 is 2.42 bits per heavy atom. The first-order valence-electron chi connectivity index (χ1n) is 10.0. The van der Waals surface area contributed by atoms with Crippen molar-refractivity contribution >= 4 is 16.7 Å². The molecule has 1 aromatic carbocycles. The Hall–Kier alpha value is -1.41. The second-order valence-corrected chi connectivity index (χ2v) is 8.12. The van der Waals surface area contributed by atoms with Crippen molar-refractivity contribution in [3.05, 3.63) is 64.7 Å². The third-order valence-corrected chi connectivity index (χ3v) is 5.75. The minimum absolute atomic E-state index is 0.542. The molecule has 0 amide bonds. The van der Waals surface area contributed by atoms with Crippen LogP contribution in [0.15, 0.2) is 53.6 Å². The number of unbranched alkanes of at least 4 members (excludes halogenated alkanes) is 2. The van der Waals surface area contributed by atoms with Gasteiger partial charge in [0.2, 0.25) is 0 Å². The van der Waals surface area contributed by atoms with Gasteiger partial charge in [0.25, 0.3) is 0 Å². The van der Waals surface area contributed by atoms with Crippen molar-refractivity contribution in [1.29, 1.82) is 0 Å². The Morgan fingerprint density at radius 2 is 1.85 bits per heavy atom. The summed E-state index contributed by atoms with van der Waals surface area (Å²) in [4.78, 5) is 1.35. The van der Waals surface area contributed by atoms with Crippen LogP contribution < -0.4 is 5.32 Å². The second-order valence-electron chi connectivity index (χ2n) is 7.20. The third kappa shape index (κ3) is 8.31. The quantitative estimate of drug-likeness (QED) is 0.374. The fourth-order valence-electron chi connectivity index (χ4n) is 2.73. The molecule has 0 aromatic heterocycles. The van der Waals surface area contributed by atoms with E-state index in [0.29, 0.717) is 5.92 Å². The molecule has 0 saturated heterocycles. The van der Waals surface area contributed by atoms with Crippen LogP contribution in [0.4, 0.5) is 0 Å². The highest BCUT2D eigenvalue weighted by Gasteiger charge is 2.07. The molecule has 0 aliphatic rings. The third-order valence-electron chi connectivity index (χ3n) is 4.54. The second kappa shape index (κ2) is 12.9. The van der Waals surface area contributed by atoms with Crippen LogP contribution in [0, 0.1) is 5.92 Å². The Bertz CT molecular complexity index is 591. The maximum Gasteiger partial charge on any atom is 0.0397 e. The van der Waals surface area contributed by atoms with E-state index in [4.69, 9.17) is 0 Å². The number of allylic oxidation sites excluding steroid dienone is 3. The van der Waals surface area contributed by atoms with Gasteiger partial charge in [0.15, 0.2) is 0 Å². The lowest BCUT2D eigenvalue weighted by atomic mass is 10.0. The lowest BCUT2D eigenvalue weighted by Gasteiger charge is -2.17. The van der Waals surface area contributed by atoms with E-state index in [2.05, 4.69) is 82.3 Å². The van der Waals surface area contributed by atoms with E-state index < -0.39 is 0 Å². The summed E-state index contributed by atoms with van der Waals surface area (Å²) in [5.41, 5.74) is 5.12. The van der Waals surface area contributed by atoms with Crippen molar-refractivity contribution in [3.8, 4) is 0 Å². The fraction of sp³-hybridized carbons (Fsp3) is 0.500. The average Bonchev–Trinajstić information content (AvgIpc) is 2.63. The molecule has 0 aliphatic heterocycles. The Labute approximate surface area is 166 Å². The molecule has 0 bridgehead atoms. The summed E-state index contributed by atoms with van der Waals surface area (Å²) in [6.45, 7) is 16.1. The van der Waals surface area contributed by atoms with E-state index in [0.717, 1.165) is 18.7 Å². The molecule has 1 unspecified atom stereocenters. The zero-order valence-electron chi connectivity index (χ0n) is 17.4. The number of thioether (sulfide) groups is 1. The van der Waals surface area contributed by atoms with Crippen LogP contribution >= 0.6 is 11.8 Å². The first kappa shape index (κ1) is 22.6. The van der Waals surface area contributed by atoms with Gasteiger partial charge in [-0.3, -0.25) is 0 Å². The SMILES string of the molecule is C=C(NCc1ccc(C(S/C=C\CC)=C(C)C)cc1)C(C)CCCCC. The highest BCUT2D eigenvalue weighted by Crippen LogP contribution is 2.32. The van der Waals surface area contributed by atoms with Gasteiger partial charge in [-0.2, -0.15) is 0 Å². The highest BCUT2D eigenvalue weighted by atomic mass is 32.2. The van der Waals surface area contributed by atoms with Crippen LogP contribution in [0.25, 0.3) is 4.91 Å². The molecule has 1 rings (SSSR count). The van der Waals surface area contributed by atoms with Gasteiger partial charge in [0.1, 0.15) is 0 Å².